The summed E-state index contributed by atoms with van der Waals surface area (Å²) in [5, 5.41) is 13.5. The van der Waals surface area contributed by atoms with Crippen LogP contribution in [0.3, 0.4) is 0 Å². The molecule has 1 amide bonds. The highest BCUT2D eigenvalue weighted by atomic mass is 16.5. The summed E-state index contributed by atoms with van der Waals surface area (Å²) in [5.41, 5.74) is 2.60. The number of benzene rings is 1. The third kappa shape index (κ3) is 4.61. The minimum atomic E-state index is -0.626. The largest absolute Gasteiger partial charge is 0.457 e. The number of cyclic esters (lactones) is 1. The summed E-state index contributed by atoms with van der Waals surface area (Å²) in [4.78, 5) is 29.6. The van der Waals surface area contributed by atoms with E-state index in [0.717, 1.165) is 37.1 Å². The molecule has 7 nitrogen and oxygen atoms in total. The van der Waals surface area contributed by atoms with Crippen LogP contribution in [0.5, 0.6) is 0 Å². The van der Waals surface area contributed by atoms with Gasteiger partial charge in [0.2, 0.25) is 0 Å². The number of ether oxygens (including phenoxy) is 1. The van der Waals surface area contributed by atoms with Crippen LogP contribution in [0.1, 0.15) is 47.4 Å². The zero-order valence-corrected chi connectivity index (χ0v) is 15.5. The van der Waals surface area contributed by atoms with Crippen LogP contribution < -0.4 is 5.32 Å². The Bertz CT molecular complexity index is 766. The summed E-state index contributed by atoms with van der Waals surface area (Å²) in [6.07, 6.45) is 2.39. The van der Waals surface area contributed by atoms with Gasteiger partial charge in [0.25, 0.3) is 5.91 Å². The number of nitrogens with one attached hydrogen (secondary N) is 1. The molecule has 7 heteroatoms. The maximum Gasteiger partial charge on any atom is 0.338 e. The van der Waals surface area contributed by atoms with E-state index < -0.39 is 6.10 Å². The van der Waals surface area contributed by atoms with Crippen molar-refractivity contribution in [1.82, 2.24) is 10.2 Å². The van der Waals surface area contributed by atoms with E-state index >= 15 is 0 Å². The summed E-state index contributed by atoms with van der Waals surface area (Å²) >= 11 is 0. The molecule has 1 atom stereocenters. The van der Waals surface area contributed by atoms with Gasteiger partial charge in [-0.05, 0) is 37.5 Å². The van der Waals surface area contributed by atoms with Crippen molar-refractivity contribution < 1.29 is 19.4 Å². The van der Waals surface area contributed by atoms with Crippen molar-refractivity contribution in [3.8, 4) is 0 Å². The number of nitrogens with zero attached hydrogens (tertiary/aromatic N) is 2. The molecule has 1 saturated heterocycles. The van der Waals surface area contributed by atoms with Gasteiger partial charge < -0.3 is 20.1 Å². The van der Waals surface area contributed by atoms with Crippen LogP contribution in [0.25, 0.3) is 0 Å². The Hall–Kier alpha value is -2.51. The second kappa shape index (κ2) is 8.45. The minimum absolute atomic E-state index is 0.115. The van der Waals surface area contributed by atoms with Crippen LogP contribution in [0.4, 0.5) is 0 Å². The first-order valence-corrected chi connectivity index (χ1v) is 9.14. The molecule has 0 bridgehead atoms. The van der Waals surface area contributed by atoms with E-state index in [2.05, 4.69) is 21.8 Å². The Kier molecular flexibility index (Phi) is 6.03. The molecule has 0 aliphatic carbocycles. The number of aliphatic imine (C=N–C) groups is 1. The van der Waals surface area contributed by atoms with Gasteiger partial charge in [0, 0.05) is 37.4 Å². The number of likely N-dealkylation sites (tertiary alicyclic amines) is 1. The SMILES string of the molecule is C=C/N=C(\C)C(=O)NC1CCN(CC(O)c2ccc3c(c2)COC3=O)CC1. The molecule has 144 valence electrons. The molecule has 1 unspecified atom stereocenters. The van der Waals surface area contributed by atoms with Crippen LogP contribution in [-0.4, -0.2) is 53.3 Å². The fourth-order valence-electron chi connectivity index (χ4n) is 3.46. The Morgan fingerprint density at radius 2 is 2.22 bits per heavy atom. The van der Waals surface area contributed by atoms with E-state index in [0.29, 0.717) is 17.8 Å². The number of esters is 1. The number of aliphatic hydroxyl groups is 1. The molecular formula is C20H25N3O4. The molecule has 0 aromatic heterocycles. The highest BCUT2D eigenvalue weighted by molar-refractivity contribution is 6.38. The number of carbonyl (C=O) groups excluding carboxylic acids is 2. The van der Waals surface area contributed by atoms with Gasteiger partial charge in [-0.25, -0.2) is 4.79 Å². The number of β-amino-alcohol motifs (C(OH)–C–C–N with tert-alkyl or cyclic N) is 1. The van der Waals surface area contributed by atoms with E-state index in [1.54, 1.807) is 19.1 Å². The van der Waals surface area contributed by atoms with Crippen molar-refractivity contribution in [3.63, 3.8) is 0 Å². The molecule has 1 aromatic rings. The molecule has 3 rings (SSSR count). The van der Waals surface area contributed by atoms with Crippen molar-refractivity contribution in [2.75, 3.05) is 19.6 Å². The third-order valence-electron chi connectivity index (χ3n) is 5.06. The zero-order chi connectivity index (χ0) is 19.4. The summed E-state index contributed by atoms with van der Waals surface area (Å²) in [6.45, 7) is 7.54. The van der Waals surface area contributed by atoms with Gasteiger partial charge in [-0.15, -0.1) is 0 Å². The number of rotatable bonds is 6. The van der Waals surface area contributed by atoms with E-state index in [1.807, 2.05) is 6.07 Å². The Labute approximate surface area is 158 Å². The van der Waals surface area contributed by atoms with E-state index in [4.69, 9.17) is 4.74 Å². The van der Waals surface area contributed by atoms with Crippen LogP contribution in [-0.2, 0) is 16.1 Å². The van der Waals surface area contributed by atoms with Crippen LogP contribution in [0.15, 0.2) is 36.0 Å². The molecule has 2 aliphatic heterocycles. The van der Waals surface area contributed by atoms with E-state index in [1.165, 1.54) is 6.20 Å². The third-order valence-corrected chi connectivity index (χ3v) is 5.06. The first-order chi connectivity index (χ1) is 13.0. The molecule has 2 N–H and O–H groups in total. The second-order valence-electron chi connectivity index (χ2n) is 6.95. The molecule has 0 saturated carbocycles. The Balaban J connectivity index is 1.49. The Morgan fingerprint density at radius 3 is 2.93 bits per heavy atom. The normalized spacial score (nSPS) is 19.3. The number of hydrogen-bond donors (Lipinski definition) is 2. The van der Waals surface area contributed by atoms with Gasteiger partial charge in [-0.3, -0.25) is 9.79 Å². The smallest absolute Gasteiger partial charge is 0.338 e. The molecule has 0 radical (unpaired) electrons. The first kappa shape index (κ1) is 19.3. The molecule has 0 spiro atoms. The summed E-state index contributed by atoms with van der Waals surface area (Å²) in [6, 6.07) is 5.46. The van der Waals surface area contributed by atoms with Crippen molar-refractivity contribution in [2.24, 2.45) is 4.99 Å². The lowest BCUT2D eigenvalue weighted by Crippen LogP contribution is -2.46. The lowest BCUT2D eigenvalue weighted by molar-refractivity contribution is -0.115. The van der Waals surface area contributed by atoms with Crippen molar-refractivity contribution >= 4 is 17.6 Å². The topological polar surface area (TPSA) is 91.2 Å². The van der Waals surface area contributed by atoms with Gasteiger partial charge in [-0.2, -0.15) is 0 Å². The predicted molar refractivity (Wildman–Crippen MR) is 101 cm³/mol. The number of piperidine rings is 1. The van der Waals surface area contributed by atoms with Crippen molar-refractivity contribution in [3.05, 3.63) is 47.7 Å². The fraction of sp³-hybridized carbons (Fsp3) is 0.450. The molecule has 1 fully saturated rings. The van der Waals surface area contributed by atoms with Gasteiger partial charge in [0.05, 0.1) is 11.7 Å². The number of aliphatic hydroxyl groups excluding tert-OH is 1. The quantitative estimate of drug-likeness (QED) is 0.585. The summed E-state index contributed by atoms with van der Waals surface area (Å²) < 4.78 is 5.00. The number of fused-ring (bicyclic) bond motifs is 1. The molecule has 1 aromatic carbocycles. The maximum atomic E-state index is 12.0. The number of hydrogen-bond acceptors (Lipinski definition) is 6. The van der Waals surface area contributed by atoms with Crippen LogP contribution in [0, 0.1) is 0 Å². The molecule has 2 aliphatic rings. The Morgan fingerprint density at radius 1 is 1.48 bits per heavy atom. The molecule has 27 heavy (non-hydrogen) atoms. The number of amides is 1. The highest BCUT2D eigenvalue weighted by Gasteiger charge is 2.25. The maximum absolute atomic E-state index is 12.0. The van der Waals surface area contributed by atoms with Crippen molar-refractivity contribution in [2.45, 2.75) is 38.5 Å². The average Bonchev–Trinajstić information content (AvgIpc) is 3.04. The zero-order valence-electron chi connectivity index (χ0n) is 15.5. The van der Waals surface area contributed by atoms with Gasteiger partial charge in [-0.1, -0.05) is 12.6 Å². The molecular weight excluding hydrogens is 346 g/mol. The predicted octanol–water partition coefficient (Wildman–Crippen LogP) is 1.58. The second-order valence-corrected chi connectivity index (χ2v) is 6.95. The molecule has 2 heterocycles. The average molecular weight is 371 g/mol. The van der Waals surface area contributed by atoms with E-state index in [9.17, 15) is 14.7 Å². The van der Waals surface area contributed by atoms with Gasteiger partial charge in [0.15, 0.2) is 0 Å². The summed E-state index contributed by atoms with van der Waals surface area (Å²) in [5.74, 6) is -0.466. The summed E-state index contributed by atoms with van der Waals surface area (Å²) in [7, 11) is 0. The van der Waals surface area contributed by atoms with Gasteiger partial charge >= 0.3 is 5.97 Å². The fourth-order valence-corrected chi connectivity index (χ4v) is 3.46. The standard InChI is InChI=1S/C20H25N3O4/c1-3-21-13(2)19(25)22-16-6-8-23(9-7-16)11-18(24)14-4-5-17-15(10-14)12-27-20(17)26/h3-5,10,16,18,24H,1,6-9,11-12H2,2H3,(H,22,25)/b21-13+. The van der Waals surface area contributed by atoms with Crippen LogP contribution in [0.2, 0.25) is 0 Å². The van der Waals surface area contributed by atoms with Gasteiger partial charge in [0.1, 0.15) is 12.3 Å². The van der Waals surface area contributed by atoms with E-state index in [-0.39, 0.29) is 24.5 Å². The first-order valence-electron chi connectivity index (χ1n) is 9.14. The van der Waals surface area contributed by atoms with Crippen LogP contribution >= 0.6 is 0 Å². The lowest BCUT2D eigenvalue weighted by Gasteiger charge is -2.33. The monoisotopic (exact) mass is 371 g/mol. The minimum Gasteiger partial charge on any atom is -0.457 e. The number of carbonyl (C=O) groups is 2. The van der Waals surface area contributed by atoms with Crippen molar-refractivity contribution in [1.29, 1.82) is 0 Å². The lowest BCUT2D eigenvalue weighted by atomic mass is 10.0. The highest BCUT2D eigenvalue weighted by Crippen LogP contribution is 2.25.